The van der Waals surface area contributed by atoms with Crippen molar-refractivity contribution in [3.8, 4) is 0 Å². The average Bonchev–Trinajstić information content (AvgIpc) is 2.14. The number of hydrogen-bond acceptors (Lipinski definition) is 2. The minimum Gasteiger partial charge on any atom is -0.137 e. The van der Waals surface area contributed by atoms with Gasteiger partial charge >= 0.3 is 0 Å². The van der Waals surface area contributed by atoms with Gasteiger partial charge in [-0.15, -0.1) is 10.1 Å². The summed E-state index contributed by atoms with van der Waals surface area (Å²) < 4.78 is 0. The largest absolute Gasteiger partial charge is 0.147 e. The van der Waals surface area contributed by atoms with Gasteiger partial charge in [0.15, 0.2) is 0 Å². The highest BCUT2D eigenvalue weighted by molar-refractivity contribution is 4.70. The average molecular weight is 96.1 g/mol. The van der Waals surface area contributed by atoms with E-state index in [1.54, 1.807) is 18.6 Å². The van der Waals surface area contributed by atoms with Crippen molar-refractivity contribution in [2.75, 3.05) is 0 Å². The van der Waals surface area contributed by atoms with Crippen LogP contribution in [0.25, 0.3) is 0 Å². The summed E-state index contributed by atoms with van der Waals surface area (Å²) in [6, 6.07) is 0. The molecular formula is C4H6N3+. The van der Waals surface area contributed by atoms with Gasteiger partial charge in [0.2, 0.25) is 0 Å². The van der Waals surface area contributed by atoms with Crippen LogP contribution in [-0.2, 0) is 0 Å². The monoisotopic (exact) mass is 96.1 g/mol. The smallest absolute Gasteiger partial charge is 0.137 e. The quantitative estimate of drug-likeness (QED) is 0.471. The molecule has 0 amide bonds. The maximum absolute atomic E-state index is 3.67. The van der Waals surface area contributed by atoms with Crippen LogP contribution in [0.2, 0.25) is 0 Å². The molecule has 1 aliphatic rings. The predicted molar refractivity (Wildman–Crippen MR) is 25.2 cm³/mol. The topological polar surface area (TPSA) is 29.2 Å². The van der Waals surface area contributed by atoms with E-state index in [9.17, 15) is 0 Å². The molecule has 0 aromatic rings. The number of nitrogens with zero attached hydrogens (tertiary/aromatic N) is 2. The lowest BCUT2D eigenvalue weighted by molar-refractivity contribution is -0.798. The van der Waals surface area contributed by atoms with Crippen molar-refractivity contribution in [1.82, 2.24) is 0 Å². The molecule has 1 aliphatic heterocycles. The van der Waals surface area contributed by atoms with Crippen molar-refractivity contribution in [3.63, 3.8) is 0 Å². The van der Waals surface area contributed by atoms with Crippen LogP contribution in [0.4, 0.5) is 0 Å². The van der Waals surface area contributed by atoms with Gasteiger partial charge in [0.25, 0.3) is 0 Å². The van der Waals surface area contributed by atoms with Crippen molar-refractivity contribution in [1.29, 1.82) is 0 Å². The summed E-state index contributed by atoms with van der Waals surface area (Å²) in [6.45, 7) is 3.50. The van der Waals surface area contributed by atoms with E-state index in [0.29, 0.717) is 0 Å². The Kier molecular flexibility index (Phi) is 0.997. The van der Waals surface area contributed by atoms with Gasteiger partial charge in [-0.05, 0) is 6.58 Å². The van der Waals surface area contributed by atoms with E-state index in [1.165, 1.54) is 0 Å². The first-order valence-electron chi connectivity index (χ1n) is 2.00. The zero-order valence-electron chi connectivity index (χ0n) is 3.83. The number of nitrogens with one attached hydrogen (secondary N) is 1. The van der Waals surface area contributed by atoms with Crippen LogP contribution in [0.5, 0.6) is 0 Å². The van der Waals surface area contributed by atoms with Gasteiger partial charge < -0.3 is 0 Å². The Bertz CT molecular complexity index is 113. The molecule has 1 unspecified atom stereocenters. The van der Waals surface area contributed by atoms with Crippen LogP contribution >= 0.6 is 0 Å². The Hall–Kier alpha value is -0.960. The Morgan fingerprint density at radius 1 is 1.71 bits per heavy atom. The van der Waals surface area contributed by atoms with Crippen LogP contribution in [0.3, 0.4) is 0 Å². The molecule has 7 heavy (non-hydrogen) atoms. The van der Waals surface area contributed by atoms with Crippen molar-refractivity contribution >= 4 is 0 Å². The third-order valence-corrected chi connectivity index (χ3v) is 0.694. The Morgan fingerprint density at radius 3 is 2.86 bits per heavy atom. The van der Waals surface area contributed by atoms with E-state index in [1.807, 2.05) is 0 Å². The maximum atomic E-state index is 3.67. The second-order valence-corrected chi connectivity index (χ2v) is 1.16. The third kappa shape index (κ3) is 0.721. The zero-order chi connectivity index (χ0) is 5.11. The van der Waals surface area contributed by atoms with E-state index in [0.717, 1.165) is 5.01 Å². The molecule has 0 aliphatic carbocycles. The highest BCUT2D eigenvalue weighted by atomic mass is 15.5. The minimum absolute atomic E-state index is 0.833. The number of quaternary nitrogens is 1. The molecule has 0 bridgehead atoms. The van der Waals surface area contributed by atoms with E-state index < -0.39 is 0 Å². The van der Waals surface area contributed by atoms with Crippen LogP contribution in [0.1, 0.15) is 0 Å². The molecule has 1 heterocycles. The molecule has 0 spiro atoms. The van der Waals surface area contributed by atoms with Crippen LogP contribution in [0, 0.1) is 0 Å². The lowest BCUT2D eigenvalue weighted by atomic mass is 10.8. The van der Waals surface area contributed by atoms with Crippen molar-refractivity contribution in [2.24, 2.45) is 10.3 Å². The highest BCUT2D eigenvalue weighted by Crippen LogP contribution is 1.74. The van der Waals surface area contributed by atoms with E-state index >= 15 is 0 Å². The van der Waals surface area contributed by atoms with Gasteiger partial charge in [0.05, 0.1) is 0 Å². The summed E-state index contributed by atoms with van der Waals surface area (Å²) in [5, 5.41) is 8.07. The SMILES string of the molecule is C=C[NH+]1C=CN=N1. The lowest BCUT2D eigenvalue weighted by Gasteiger charge is -1.86. The molecule has 36 valence electrons. The van der Waals surface area contributed by atoms with E-state index in [4.69, 9.17) is 0 Å². The molecule has 0 saturated carbocycles. The first-order chi connectivity index (χ1) is 3.43. The van der Waals surface area contributed by atoms with Crippen LogP contribution in [-0.4, -0.2) is 0 Å². The fourth-order valence-electron chi connectivity index (χ4n) is 0.352. The molecule has 3 nitrogen and oxygen atoms in total. The predicted octanol–water partition coefficient (Wildman–Crippen LogP) is -0.133. The molecule has 0 fully saturated rings. The second-order valence-electron chi connectivity index (χ2n) is 1.16. The molecule has 3 heteroatoms. The molecule has 0 saturated heterocycles. The molecular weight excluding hydrogens is 90.1 g/mol. The first kappa shape index (κ1) is 4.21. The lowest BCUT2D eigenvalue weighted by Crippen LogP contribution is -2.95. The standard InChI is InChI=1S/C4H5N3/c1-2-7-4-3-5-6-7/h2-4H,1H2/p+1. The van der Waals surface area contributed by atoms with Crippen molar-refractivity contribution in [3.05, 3.63) is 25.2 Å². The Morgan fingerprint density at radius 2 is 2.57 bits per heavy atom. The van der Waals surface area contributed by atoms with E-state index in [2.05, 4.69) is 16.9 Å². The van der Waals surface area contributed by atoms with Gasteiger partial charge in [0.1, 0.15) is 18.6 Å². The summed E-state index contributed by atoms with van der Waals surface area (Å²) in [5.41, 5.74) is 0. The number of hydrogen-bond donors (Lipinski definition) is 1. The Labute approximate surface area is 41.6 Å². The number of rotatable bonds is 1. The fourth-order valence-corrected chi connectivity index (χ4v) is 0.352. The molecule has 0 aromatic carbocycles. The third-order valence-electron chi connectivity index (χ3n) is 0.694. The summed E-state index contributed by atoms with van der Waals surface area (Å²) in [6.07, 6.45) is 5.09. The van der Waals surface area contributed by atoms with Crippen molar-refractivity contribution in [2.45, 2.75) is 0 Å². The van der Waals surface area contributed by atoms with Gasteiger partial charge in [-0.25, -0.2) is 0 Å². The van der Waals surface area contributed by atoms with Crippen LogP contribution in [0.15, 0.2) is 35.5 Å². The molecule has 0 aromatic heterocycles. The maximum Gasteiger partial charge on any atom is 0.147 e. The normalized spacial score (nSPS) is 26.0. The van der Waals surface area contributed by atoms with Gasteiger partial charge in [-0.3, -0.25) is 0 Å². The van der Waals surface area contributed by atoms with Gasteiger partial charge in [-0.1, -0.05) is 0 Å². The molecule has 1 rings (SSSR count). The first-order valence-corrected chi connectivity index (χ1v) is 2.00. The molecule has 1 atom stereocenters. The van der Waals surface area contributed by atoms with Gasteiger partial charge in [0, 0.05) is 5.22 Å². The molecule has 1 N–H and O–H groups in total. The van der Waals surface area contributed by atoms with Crippen LogP contribution < -0.4 is 5.01 Å². The summed E-state index contributed by atoms with van der Waals surface area (Å²) in [7, 11) is 0. The second kappa shape index (κ2) is 1.66. The summed E-state index contributed by atoms with van der Waals surface area (Å²) in [4.78, 5) is 0. The minimum atomic E-state index is 0.833. The summed E-state index contributed by atoms with van der Waals surface area (Å²) >= 11 is 0. The zero-order valence-corrected chi connectivity index (χ0v) is 3.83. The van der Waals surface area contributed by atoms with Crippen molar-refractivity contribution < 1.29 is 5.01 Å². The Balaban J connectivity index is 2.59. The van der Waals surface area contributed by atoms with Gasteiger partial charge in [-0.2, -0.15) is 0 Å². The fraction of sp³-hybridized carbons (Fsp3) is 0. The highest BCUT2D eigenvalue weighted by Gasteiger charge is 1.97. The summed E-state index contributed by atoms with van der Waals surface area (Å²) in [5.74, 6) is 0. The van der Waals surface area contributed by atoms with E-state index in [-0.39, 0.29) is 0 Å². The molecule has 0 radical (unpaired) electrons.